The minimum absolute atomic E-state index is 0.0580. The predicted molar refractivity (Wildman–Crippen MR) is 79.7 cm³/mol. The van der Waals surface area contributed by atoms with Crippen molar-refractivity contribution in [1.29, 1.82) is 0 Å². The molecule has 0 atom stereocenters. The molecule has 1 aromatic heterocycles. The zero-order valence-corrected chi connectivity index (χ0v) is 12.2. The van der Waals surface area contributed by atoms with E-state index in [1.807, 2.05) is 6.07 Å². The van der Waals surface area contributed by atoms with Crippen LogP contribution in [0.2, 0.25) is 0 Å². The summed E-state index contributed by atoms with van der Waals surface area (Å²) in [5.74, 6) is 1.46. The van der Waals surface area contributed by atoms with Gasteiger partial charge in [0, 0.05) is 0 Å². The van der Waals surface area contributed by atoms with Gasteiger partial charge < -0.3 is 10.3 Å². The molecule has 0 amide bonds. The highest BCUT2D eigenvalue weighted by Crippen LogP contribution is 2.53. The lowest BCUT2D eigenvalue weighted by molar-refractivity contribution is 0.272. The lowest BCUT2D eigenvalue weighted by Crippen LogP contribution is -2.39. The summed E-state index contributed by atoms with van der Waals surface area (Å²) in [4.78, 5) is 4.71. The molecule has 0 aliphatic heterocycles. The summed E-state index contributed by atoms with van der Waals surface area (Å²) in [7, 11) is 0. The second kappa shape index (κ2) is 4.67. The van der Waals surface area contributed by atoms with Gasteiger partial charge in [-0.05, 0) is 31.2 Å². The van der Waals surface area contributed by atoms with Gasteiger partial charge >= 0.3 is 0 Å². The third-order valence-corrected chi connectivity index (χ3v) is 5.10. The fourth-order valence-electron chi connectivity index (χ4n) is 3.53. The molecule has 21 heavy (non-hydrogen) atoms. The van der Waals surface area contributed by atoms with Crippen molar-refractivity contribution < 1.29 is 4.52 Å². The Morgan fingerprint density at radius 1 is 0.952 bits per heavy atom. The van der Waals surface area contributed by atoms with Crippen molar-refractivity contribution in [3.8, 4) is 0 Å². The van der Waals surface area contributed by atoms with Crippen LogP contribution >= 0.6 is 0 Å². The SMILES string of the molecule is NC1(c2noc(C3(c4ccccc4)CC3)n2)CCCCC1. The number of hydrogen-bond donors (Lipinski definition) is 1. The molecule has 4 rings (SSSR count). The standard InChI is InChI=1S/C17H21N3O/c18-17(9-5-2-6-10-17)14-19-15(21-20-14)16(11-12-16)13-7-3-1-4-8-13/h1,3-4,7-8H,2,5-6,9-12,18H2. The highest BCUT2D eigenvalue weighted by Gasteiger charge is 2.51. The first-order valence-corrected chi connectivity index (χ1v) is 7.92. The first kappa shape index (κ1) is 13.0. The Hall–Kier alpha value is -1.68. The van der Waals surface area contributed by atoms with Crippen LogP contribution in [0.5, 0.6) is 0 Å². The fraction of sp³-hybridized carbons (Fsp3) is 0.529. The van der Waals surface area contributed by atoms with E-state index < -0.39 is 0 Å². The van der Waals surface area contributed by atoms with Crippen LogP contribution in [0.4, 0.5) is 0 Å². The summed E-state index contributed by atoms with van der Waals surface area (Å²) in [6.07, 6.45) is 7.66. The molecule has 0 bridgehead atoms. The molecule has 1 heterocycles. The largest absolute Gasteiger partial charge is 0.338 e. The fourth-order valence-corrected chi connectivity index (χ4v) is 3.53. The summed E-state index contributed by atoms with van der Waals surface area (Å²) in [6.45, 7) is 0. The average Bonchev–Trinajstić information content (AvgIpc) is 3.18. The maximum Gasteiger partial charge on any atom is 0.237 e. The summed E-state index contributed by atoms with van der Waals surface area (Å²) in [5.41, 5.74) is 7.34. The van der Waals surface area contributed by atoms with Crippen molar-refractivity contribution >= 4 is 0 Å². The van der Waals surface area contributed by atoms with Gasteiger partial charge in [0.15, 0.2) is 5.82 Å². The van der Waals surface area contributed by atoms with Crippen molar-refractivity contribution in [2.75, 3.05) is 0 Å². The minimum Gasteiger partial charge on any atom is -0.338 e. The van der Waals surface area contributed by atoms with E-state index in [9.17, 15) is 0 Å². The molecule has 4 nitrogen and oxygen atoms in total. The number of benzene rings is 1. The molecule has 2 aliphatic rings. The second-order valence-electron chi connectivity index (χ2n) is 6.59. The van der Waals surface area contributed by atoms with Gasteiger partial charge in [-0.1, -0.05) is 54.8 Å². The van der Waals surface area contributed by atoms with Gasteiger partial charge in [0.1, 0.15) is 0 Å². The van der Waals surface area contributed by atoms with Crippen LogP contribution in [0.1, 0.15) is 62.2 Å². The van der Waals surface area contributed by atoms with Crippen molar-refractivity contribution in [2.24, 2.45) is 5.73 Å². The molecule has 0 spiro atoms. The molecule has 2 fully saturated rings. The second-order valence-corrected chi connectivity index (χ2v) is 6.59. The van der Waals surface area contributed by atoms with E-state index in [2.05, 4.69) is 29.4 Å². The summed E-state index contributed by atoms with van der Waals surface area (Å²) >= 11 is 0. The molecule has 0 unspecified atom stereocenters. The van der Waals surface area contributed by atoms with Crippen LogP contribution in [-0.4, -0.2) is 10.1 Å². The smallest absolute Gasteiger partial charge is 0.237 e. The number of hydrogen-bond acceptors (Lipinski definition) is 4. The predicted octanol–water partition coefficient (Wildman–Crippen LogP) is 3.27. The van der Waals surface area contributed by atoms with E-state index in [1.54, 1.807) is 0 Å². The Balaban J connectivity index is 1.66. The third-order valence-electron chi connectivity index (χ3n) is 5.10. The number of nitrogens with two attached hydrogens (primary N) is 1. The Bertz CT molecular complexity index is 624. The molecule has 0 saturated heterocycles. The average molecular weight is 283 g/mol. The van der Waals surface area contributed by atoms with Gasteiger partial charge in [-0.25, -0.2) is 0 Å². The van der Waals surface area contributed by atoms with E-state index in [-0.39, 0.29) is 11.0 Å². The van der Waals surface area contributed by atoms with Gasteiger partial charge in [0.25, 0.3) is 0 Å². The van der Waals surface area contributed by atoms with Gasteiger partial charge in [0.05, 0.1) is 11.0 Å². The quantitative estimate of drug-likeness (QED) is 0.939. The Morgan fingerprint density at radius 2 is 1.67 bits per heavy atom. The molecular formula is C17H21N3O. The lowest BCUT2D eigenvalue weighted by atomic mass is 9.82. The Labute approximate surface area is 124 Å². The molecule has 4 heteroatoms. The Kier molecular flexibility index (Phi) is 2.89. The van der Waals surface area contributed by atoms with Crippen LogP contribution in [0.25, 0.3) is 0 Å². The Morgan fingerprint density at radius 3 is 2.33 bits per heavy atom. The lowest BCUT2D eigenvalue weighted by Gasteiger charge is -2.29. The van der Waals surface area contributed by atoms with E-state index in [4.69, 9.17) is 15.2 Å². The van der Waals surface area contributed by atoms with E-state index in [1.165, 1.54) is 12.0 Å². The molecule has 2 aliphatic carbocycles. The first-order valence-electron chi connectivity index (χ1n) is 7.92. The van der Waals surface area contributed by atoms with Crippen LogP contribution in [-0.2, 0) is 11.0 Å². The summed E-state index contributed by atoms with van der Waals surface area (Å²) < 4.78 is 5.62. The van der Waals surface area contributed by atoms with E-state index >= 15 is 0 Å². The van der Waals surface area contributed by atoms with Crippen LogP contribution in [0.15, 0.2) is 34.9 Å². The monoisotopic (exact) mass is 283 g/mol. The topological polar surface area (TPSA) is 64.9 Å². The molecule has 0 radical (unpaired) electrons. The highest BCUT2D eigenvalue weighted by molar-refractivity contribution is 5.38. The van der Waals surface area contributed by atoms with Crippen LogP contribution in [0, 0.1) is 0 Å². The van der Waals surface area contributed by atoms with E-state index in [0.29, 0.717) is 5.82 Å². The van der Waals surface area contributed by atoms with Crippen molar-refractivity contribution in [1.82, 2.24) is 10.1 Å². The number of aromatic nitrogens is 2. The molecule has 2 N–H and O–H groups in total. The first-order chi connectivity index (χ1) is 10.2. The van der Waals surface area contributed by atoms with Crippen molar-refractivity contribution in [2.45, 2.75) is 55.9 Å². The van der Waals surface area contributed by atoms with Crippen LogP contribution < -0.4 is 5.73 Å². The number of rotatable bonds is 3. The maximum atomic E-state index is 6.51. The zero-order chi connectivity index (χ0) is 14.3. The summed E-state index contributed by atoms with van der Waals surface area (Å²) in [5, 5.41) is 4.23. The van der Waals surface area contributed by atoms with E-state index in [0.717, 1.165) is 44.4 Å². The van der Waals surface area contributed by atoms with Gasteiger partial charge in [-0.15, -0.1) is 0 Å². The van der Waals surface area contributed by atoms with Crippen molar-refractivity contribution in [3.05, 3.63) is 47.6 Å². The zero-order valence-electron chi connectivity index (χ0n) is 12.2. The van der Waals surface area contributed by atoms with Gasteiger partial charge in [-0.3, -0.25) is 0 Å². The van der Waals surface area contributed by atoms with Gasteiger partial charge in [0.2, 0.25) is 5.89 Å². The molecule has 1 aromatic carbocycles. The molecule has 2 aromatic rings. The normalized spacial score (nSPS) is 22.9. The molecule has 110 valence electrons. The molecular weight excluding hydrogens is 262 g/mol. The van der Waals surface area contributed by atoms with Crippen LogP contribution in [0.3, 0.4) is 0 Å². The maximum absolute atomic E-state index is 6.51. The molecule has 2 saturated carbocycles. The number of nitrogens with zero attached hydrogens (tertiary/aromatic N) is 2. The van der Waals surface area contributed by atoms with Gasteiger partial charge in [-0.2, -0.15) is 4.98 Å². The summed E-state index contributed by atoms with van der Waals surface area (Å²) in [6, 6.07) is 10.5. The highest BCUT2D eigenvalue weighted by atomic mass is 16.5. The van der Waals surface area contributed by atoms with Crippen molar-refractivity contribution in [3.63, 3.8) is 0 Å². The minimum atomic E-state index is -0.382. The third kappa shape index (κ3) is 2.09.